The fraction of sp³-hybridized carbons (Fsp3) is 0.301. The van der Waals surface area contributed by atoms with Crippen molar-refractivity contribution in [3.8, 4) is 101 Å². The number of likely N-dealkylation sites (N-methyl/N-ethyl adjacent to an activating group) is 1. The van der Waals surface area contributed by atoms with Gasteiger partial charge in [0.05, 0.1) is 33.0 Å². The molecule has 1 aliphatic rings. The van der Waals surface area contributed by atoms with Crippen molar-refractivity contribution in [3.05, 3.63) is 400 Å². The number of hydrogen-bond donors (Lipinski definition) is 0. The third-order valence-electron chi connectivity index (χ3n) is 23.7. The molecule has 0 aromatic heterocycles. The number of hydrogen-bond acceptors (Lipinski definition) is 6. The minimum Gasteiger partial charge on any atom is -0.497 e. The Morgan fingerprint density at radius 2 is 0.557 bits per heavy atom. The molecule has 1 aliphatic heterocycles. The number of methoxy groups -OCH3 is 3. The van der Waals surface area contributed by atoms with Crippen LogP contribution in [0.4, 0.5) is 0 Å². The molecule has 0 saturated carbocycles. The summed E-state index contributed by atoms with van der Waals surface area (Å²) < 4.78 is 15.8. The van der Waals surface area contributed by atoms with Crippen molar-refractivity contribution < 1.29 is 19.0 Å². The number of halogens is 1. The van der Waals surface area contributed by atoms with E-state index in [-0.39, 0.29) is 43.8 Å². The molecule has 1 heterocycles. The van der Waals surface area contributed by atoms with Crippen molar-refractivity contribution in [2.24, 2.45) is 0 Å². The number of benzene rings is 14. The number of aryl methyl sites for hydroxylation is 1. The molecule has 0 bridgehead atoms. The van der Waals surface area contributed by atoms with Crippen LogP contribution in [0.3, 0.4) is 0 Å². The summed E-state index contributed by atoms with van der Waals surface area (Å²) >= 11 is 5.88. The molecular weight excluding hydrogens is 1620 g/mol. The quantitative estimate of drug-likeness (QED) is 0.128. The van der Waals surface area contributed by atoms with Crippen LogP contribution in [0.1, 0.15) is 206 Å². The maximum absolute atomic E-state index is 12.6. The van der Waals surface area contributed by atoms with Crippen molar-refractivity contribution in [1.29, 1.82) is 5.26 Å². The van der Waals surface area contributed by atoms with E-state index in [1.54, 1.807) is 21.3 Å². The highest BCUT2D eigenvalue weighted by Gasteiger charge is 2.23. The predicted molar refractivity (Wildman–Crippen MR) is 562 cm³/mol. The van der Waals surface area contributed by atoms with Crippen LogP contribution < -0.4 is 14.2 Å². The van der Waals surface area contributed by atoms with Crippen LogP contribution in [0.2, 0.25) is 5.02 Å². The SMILES string of the molecule is CC(C)(C)c1ccc(-c2ccc(C#N)cc2)cc1.CC(C)(C)c1ccc(-c2ccc(Cl)cc2)cc1.CN1CCN(C(=O)c2ccc(-c3ccc(C(C)(C)C)cc3)cc2)CC1.COc1ccc(-c2ccc(C(C)(C)C)cc2)cc1.COc1cccc(-c2ccc(C(C)(C)C)cc2)c1.COc1ccccc1-c1ccc(C(C)(C)C)cc1.Cc1ccc(-c2ccc(C(C)(C)C)cc2)cc1. The van der Waals surface area contributed by atoms with Gasteiger partial charge in [0.25, 0.3) is 5.91 Å². The van der Waals surface area contributed by atoms with Gasteiger partial charge in [0.2, 0.25) is 0 Å². The first-order valence-electron chi connectivity index (χ1n) is 45.9. The van der Waals surface area contributed by atoms with Crippen molar-refractivity contribution in [1.82, 2.24) is 9.80 Å². The normalized spacial score (nSPS) is 12.2. The Kier molecular flexibility index (Phi) is 36.0. The van der Waals surface area contributed by atoms with Crippen LogP contribution in [0, 0.1) is 18.3 Å². The first kappa shape index (κ1) is 102. The Bertz CT molecular complexity index is 5780. The molecule has 14 aromatic carbocycles. The van der Waals surface area contributed by atoms with Crippen LogP contribution in [0.5, 0.6) is 17.2 Å². The number of nitrogens with zero attached hydrogens (tertiary/aromatic N) is 3. The van der Waals surface area contributed by atoms with Gasteiger partial charge >= 0.3 is 0 Å². The Labute approximate surface area is 792 Å². The van der Waals surface area contributed by atoms with Gasteiger partial charge in [0.15, 0.2) is 0 Å². The lowest BCUT2D eigenvalue weighted by atomic mass is 9.86. The van der Waals surface area contributed by atoms with E-state index in [1.165, 1.54) is 106 Å². The molecule has 0 N–H and O–H groups in total. The molecular formula is C123H142ClN3O4. The fourth-order valence-electron chi connectivity index (χ4n) is 14.7. The fourth-order valence-corrected chi connectivity index (χ4v) is 14.8. The lowest BCUT2D eigenvalue weighted by Gasteiger charge is -2.32. The Morgan fingerprint density at radius 3 is 0.855 bits per heavy atom. The standard InChI is InChI=1S/C22H28N2O.C17H17N.3C17H20O.C17H20.C16H17Cl/c1-22(2,3)20-11-9-18(10-12-20)17-5-7-19(8-6-17)21(25)24-15-13-23(4)14-16-24;1-17(2,3)16-10-8-15(9-11-16)14-6-4-13(12-18)5-7-14;1-17(2,3)15-9-5-13(6-10-15)14-7-11-16(18-4)12-8-14;1-17(2,3)15-10-8-13(9-11-15)14-6-5-7-16(12-14)18-4;1-17(2,3)14-11-9-13(10-12-14)15-7-5-6-8-16(15)18-4;1-13-5-7-14(8-6-13)15-9-11-16(12-10-15)17(2,3)4;1-16(2,3)14-8-4-12(5-9-14)13-6-10-15(17)11-7-13/h5-12H,13-16H2,1-4H3;4-11H,1-3H3;3*5-12H,1-4H3;5-12H,1-4H3;4-11H,1-3H3. The molecule has 0 unspecified atom stereocenters. The molecule has 0 atom stereocenters. The summed E-state index contributed by atoms with van der Waals surface area (Å²) in [5.74, 6) is 2.85. The minimum absolute atomic E-state index is 0.141. The number of rotatable bonds is 11. The van der Waals surface area contributed by atoms with Crippen molar-refractivity contribution >= 4 is 17.5 Å². The lowest BCUT2D eigenvalue weighted by Crippen LogP contribution is -2.47. The van der Waals surface area contributed by atoms with E-state index in [4.69, 9.17) is 31.1 Å². The van der Waals surface area contributed by atoms with E-state index in [2.05, 4.69) is 419 Å². The van der Waals surface area contributed by atoms with Gasteiger partial charge < -0.3 is 24.0 Å². The van der Waals surface area contributed by atoms with Crippen LogP contribution >= 0.6 is 11.6 Å². The largest absolute Gasteiger partial charge is 0.497 e. The van der Waals surface area contributed by atoms with Crippen LogP contribution in [0.15, 0.2) is 340 Å². The van der Waals surface area contributed by atoms with Gasteiger partial charge in [-0.15, -0.1) is 0 Å². The second-order valence-electron chi connectivity index (χ2n) is 41.2. The molecule has 8 heteroatoms. The number of nitriles is 1. The lowest BCUT2D eigenvalue weighted by molar-refractivity contribution is 0.0664. The topological polar surface area (TPSA) is 75.0 Å². The average molecular weight is 1760 g/mol. The average Bonchev–Trinajstić information content (AvgIpc) is 0.850. The van der Waals surface area contributed by atoms with Crippen molar-refractivity contribution in [2.75, 3.05) is 54.6 Å². The van der Waals surface area contributed by atoms with E-state index in [0.717, 1.165) is 70.7 Å². The van der Waals surface area contributed by atoms with Gasteiger partial charge in [0.1, 0.15) is 17.2 Å². The first-order valence-corrected chi connectivity index (χ1v) is 46.3. The second-order valence-corrected chi connectivity index (χ2v) is 41.6. The molecule has 1 fully saturated rings. The Hall–Kier alpha value is -12.3. The minimum atomic E-state index is 0.141. The molecule has 0 spiro atoms. The summed E-state index contributed by atoms with van der Waals surface area (Å²) in [5, 5.41) is 9.55. The van der Waals surface area contributed by atoms with Gasteiger partial charge in [-0.1, -0.05) is 436 Å². The van der Waals surface area contributed by atoms with Gasteiger partial charge in [0, 0.05) is 42.3 Å². The molecule has 0 radical (unpaired) electrons. The number of piperazine rings is 1. The van der Waals surface area contributed by atoms with E-state index in [0.29, 0.717) is 5.56 Å². The molecule has 1 amide bonds. The third-order valence-corrected chi connectivity index (χ3v) is 23.9. The van der Waals surface area contributed by atoms with Crippen molar-refractivity contribution in [3.63, 3.8) is 0 Å². The van der Waals surface area contributed by atoms with Crippen LogP contribution in [-0.4, -0.2) is 70.3 Å². The number of carbonyl (C=O) groups excluding carboxylic acids is 1. The summed E-state index contributed by atoms with van der Waals surface area (Å²) in [4.78, 5) is 16.8. The Balaban J connectivity index is 0.000000173. The van der Waals surface area contributed by atoms with E-state index < -0.39 is 0 Å². The van der Waals surface area contributed by atoms with E-state index in [9.17, 15) is 4.79 Å². The monoisotopic (exact) mass is 1760 g/mol. The highest BCUT2D eigenvalue weighted by Crippen LogP contribution is 2.37. The first-order chi connectivity index (χ1) is 61.8. The second kappa shape index (κ2) is 46.0. The molecule has 0 aliphatic carbocycles. The van der Waals surface area contributed by atoms with E-state index in [1.807, 2.05) is 95.9 Å². The van der Waals surface area contributed by atoms with Gasteiger partial charge in [-0.3, -0.25) is 4.79 Å². The van der Waals surface area contributed by atoms with Crippen LogP contribution in [0.25, 0.3) is 77.9 Å². The number of amides is 1. The maximum atomic E-state index is 12.6. The molecule has 14 aromatic rings. The smallest absolute Gasteiger partial charge is 0.253 e. The zero-order valence-corrected chi connectivity index (χ0v) is 83.8. The number of carbonyl (C=O) groups is 1. The van der Waals surface area contributed by atoms with Gasteiger partial charge in [-0.2, -0.15) is 5.26 Å². The maximum Gasteiger partial charge on any atom is 0.253 e. The number of para-hydroxylation sites is 1. The predicted octanol–water partition coefficient (Wildman–Crippen LogP) is 32.8. The molecule has 680 valence electrons. The van der Waals surface area contributed by atoms with E-state index >= 15 is 0 Å². The van der Waals surface area contributed by atoms with Crippen LogP contribution in [-0.2, 0) is 37.9 Å². The van der Waals surface area contributed by atoms with Gasteiger partial charge in [-0.05, 0) is 230 Å². The molecule has 131 heavy (non-hydrogen) atoms. The van der Waals surface area contributed by atoms with Crippen molar-refractivity contribution in [2.45, 2.75) is 190 Å². The summed E-state index contributed by atoms with van der Waals surface area (Å²) in [7, 11) is 7.19. The molecule has 1 saturated heterocycles. The Morgan fingerprint density at radius 1 is 0.290 bits per heavy atom. The summed E-state index contributed by atoms with van der Waals surface area (Å²) in [6.45, 7) is 52.4. The number of ether oxygens (including phenoxy) is 3. The summed E-state index contributed by atoms with van der Waals surface area (Å²) in [5.41, 5.74) is 30.5. The molecule has 7 nitrogen and oxygen atoms in total. The van der Waals surface area contributed by atoms with Gasteiger partial charge in [-0.25, -0.2) is 0 Å². The zero-order valence-electron chi connectivity index (χ0n) is 83.0. The summed E-state index contributed by atoms with van der Waals surface area (Å²) in [6, 6.07) is 120. The highest BCUT2D eigenvalue weighted by molar-refractivity contribution is 6.30. The third kappa shape index (κ3) is 31.2. The highest BCUT2D eigenvalue weighted by atomic mass is 35.5. The molecule has 15 rings (SSSR count). The zero-order chi connectivity index (χ0) is 95.7. The summed E-state index contributed by atoms with van der Waals surface area (Å²) in [6.07, 6.45) is 0.